The first-order chi connectivity index (χ1) is 10.1. The molecule has 2 aliphatic rings. The van der Waals surface area contributed by atoms with Crippen LogP contribution in [0.2, 0.25) is 0 Å². The van der Waals surface area contributed by atoms with E-state index in [9.17, 15) is 9.90 Å². The second kappa shape index (κ2) is 4.35. The number of amides is 1. The van der Waals surface area contributed by atoms with Crippen molar-refractivity contribution in [3.8, 4) is 11.5 Å². The molecule has 1 atom stereocenters. The van der Waals surface area contributed by atoms with Crippen LogP contribution >= 0.6 is 22.6 Å². The van der Waals surface area contributed by atoms with Gasteiger partial charge in [-0.3, -0.25) is 4.79 Å². The molecule has 106 valence electrons. The normalized spacial score (nSPS) is 22.1. The Hall–Kier alpha value is -1.80. The molecule has 0 saturated carbocycles. The van der Waals surface area contributed by atoms with Gasteiger partial charge < -0.3 is 19.9 Å². The Kier molecular flexibility index (Phi) is 2.67. The lowest BCUT2D eigenvalue weighted by atomic mass is 9.87. The molecule has 0 radical (unpaired) electrons. The smallest absolute Gasteiger partial charge is 0.266 e. The van der Waals surface area contributed by atoms with Gasteiger partial charge in [0.2, 0.25) is 6.79 Å². The molecule has 4 rings (SSSR count). The minimum Gasteiger partial charge on any atom is -0.454 e. The fourth-order valence-corrected chi connectivity index (χ4v) is 3.23. The number of aliphatic hydroxyl groups is 1. The molecule has 0 bridgehead atoms. The number of carbonyl (C=O) groups is 1. The summed E-state index contributed by atoms with van der Waals surface area (Å²) in [7, 11) is 0. The number of rotatable bonds is 1. The number of halogens is 1. The van der Waals surface area contributed by atoms with Gasteiger partial charge >= 0.3 is 0 Å². The topological polar surface area (TPSA) is 67.8 Å². The highest BCUT2D eigenvalue weighted by molar-refractivity contribution is 14.1. The van der Waals surface area contributed by atoms with Crippen molar-refractivity contribution in [2.45, 2.75) is 5.60 Å². The van der Waals surface area contributed by atoms with Crippen LogP contribution in [-0.2, 0) is 10.4 Å². The van der Waals surface area contributed by atoms with Gasteiger partial charge in [-0.25, -0.2) is 0 Å². The third-order valence-corrected chi connectivity index (χ3v) is 4.41. The standard InChI is InChI=1S/C15H10INO4/c16-8-4-5-11-10(6-8)15(19,14(18)17-11)9-2-1-3-12-13(9)21-7-20-12/h1-6,19H,7H2,(H,17,18). The van der Waals surface area contributed by atoms with Gasteiger partial charge in [-0.1, -0.05) is 12.1 Å². The minimum atomic E-state index is -1.77. The highest BCUT2D eigenvalue weighted by atomic mass is 127. The molecule has 2 N–H and O–H groups in total. The number of nitrogens with one attached hydrogen (secondary N) is 1. The molecule has 0 aliphatic carbocycles. The molecule has 0 aromatic heterocycles. The lowest BCUT2D eigenvalue weighted by molar-refractivity contribution is -0.129. The Balaban J connectivity index is 1.98. The van der Waals surface area contributed by atoms with E-state index >= 15 is 0 Å². The van der Waals surface area contributed by atoms with Crippen molar-refractivity contribution in [2.75, 3.05) is 12.1 Å². The van der Waals surface area contributed by atoms with Gasteiger partial charge in [0.05, 0.1) is 0 Å². The van der Waals surface area contributed by atoms with Crippen LogP contribution in [0.1, 0.15) is 11.1 Å². The van der Waals surface area contributed by atoms with E-state index in [2.05, 4.69) is 27.9 Å². The van der Waals surface area contributed by atoms with E-state index < -0.39 is 11.5 Å². The van der Waals surface area contributed by atoms with Crippen molar-refractivity contribution in [1.29, 1.82) is 0 Å². The molecule has 6 heteroatoms. The van der Waals surface area contributed by atoms with E-state index in [4.69, 9.17) is 9.47 Å². The van der Waals surface area contributed by atoms with Gasteiger partial charge in [0.25, 0.3) is 5.91 Å². The van der Waals surface area contributed by atoms with Gasteiger partial charge in [0.15, 0.2) is 17.1 Å². The molecule has 1 amide bonds. The van der Waals surface area contributed by atoms with Crippen LogP contribution in [-0.4, -0.2) is 17.8 Å². The molecular formula is C15H10INO4. The number of hydrogen-bond acceptors (Lipinski definition) is 4. The number of benzene rings is 2. The quantitative estimate of drug-likeness (QED) is 0.727. The summed E-state index contributed by atoms with van der Waals surface area (Å²) in [6.07, 6.45) is 0. The van der Waals surface area contributed by atoms with E-state index in [0.29, 0.717) is 28.3 Å². The molecule has 5 nitrogen and oxygen atoms in total. The molecule has 2 aromatic rings. The maximum Gasteiger partial charge on any atom is 0.266 e. The molecule has 1 unspecified atom stereocenters. The summed E-state index contributed by atoms with van der Waals surface area (Å²) in [6, 6.07) is 10.6. The average Bonchev–Trinajstić information content (AvgIpc) is 3.04. The monoisotopic (exact) mass is 395 g/mol. The summed E-state index contributed by atoms with van der Waals surface area (Å²) in [4.78, 5) is 12.4. The predicted molar refractivity (Wildman–Crippen MR) is 83.4 cm³/mol. The molecule has 2 aromatic carbocycles. The van der Waals surface area contributed by atoms with Gasteiger partial charge in [-0.15, -0.1) is 0 Å². The molecule has 2 heterocycles. The Morgan fingerprint density at radius 3 is 2.90 bits per heavy atom. The van der Waals surface area contributed by atoms with E-state index in [-0.39, 0.29) is 6.79 Å². The fourth-order valence-electron chi connectivity index (χ4n) is 2.74. The number of carbonyl (C=O) groups excluding carboxylic acids is 1. The zero-order valence-electron chi connectivity index (χ0n) is 10.7. The van der Waals surface area contributed by atoms with Gasteiger partial charge in [-0.2, -0.15) is 0 Å². The first-order valence-corrected chi connectivity index (χ1v) is 7.41. The molecular weight excluding hydrogens is 385 g/mol. The zero-order valence-corrected chi connectivity index (χ0v) is 12.9. The van der Waals surface area contributed by atoms with E-state index in [1.165, 1.54) is 0 Å². The van der Waals surface area contributed by atoms with Crippen LogP contribution in [0, 0.1) is 3.57 Å². The van der Waals surface area contributed by atoms with Crippen molar-refractivity contribution in [2.24, 2.45) is 0 Å². The molecule has 21 heavy (non-hydrogen) atoms. The summed E-state index contributed by atoms with van der Waals surface area (Å²) in [5.74, 6) is 0.470. The number of anilines is 1. The second-order valence-electron chi connectivity index (χ2n) is 4.89. The Labute approximate surface area is 134 Å². The summed E-state index contributed by atoms with van der Waals surface area (Å²) >= 11 is 2.15. The average molecular weight is 395 g/mol. The van der Waals surface area contributed by atoms with Gasteiger partial charge in [0.1, 0.15) is 0 Å². The molecule has 2 aliphatic heterocycles. The SMILES string of the molecule is O=C1Nc2ccc(I)cc2C1(O)c1cccc2c1OCO2. The third-order valence-electron chi connectivity index (χ3n) is 3.73. The van der Waals surface area contributed by atoms with Gasteiger partial charge in [-0.05, 0) is 46.9 Å². The third kappa shape index (κ3) is 1.69. The Bertz CT molecular complexity index is 776. The maximum atomic E-state index is 12.4. The molecule has 0 saturated heterocycles. The van der Waals surface area contributed by atoms with Crippen LogP contribution < -0.4 is 14.8 Å². The van der Waals surface area contributed by atoms with E-state index in [0.717, 1.165) is 3.57 Å². The van der Waals surface area contributed by atoms with Gasteiger partial charge in [0, 0.05) is 20.4 Å². The van der Waals surface area contributed by atoms with E-state index in [1.807, 2.05) is 6.07 Å². The predicted octanol–water partition coefficient (Wildman–Crippen LogP) is 2.21. The number of ether oxygens (including phenoxy) is 2. The van der Waals surface area contributed by atoms with Crippen molar-refractivity contribution in [1.82, 2.24) is 0 Å². The van der Waals surface area contributed by atoms with Crippen molar-refractivity contribution in [3.05, 3.63) is 51.1 Å². The maximum absolute atomic E-state index is 12.4. The number of para-hydroxylation sites is 1. The summed E-state index contributed by atoms with van der Waals surface area (Å²) in [6.45, 7) is 0.0865. The second-order valence-corrected chi connectivity index (χ2v) is 6.14. The molecule has 0 fully saturated rings. The lowest BCUT2D eigenvalue weighted by Crippen LogP contribution is -2.35. The van der Waals surface area contributed by atoms with Crippen molar-refractivity contribution >= 4 is 34.2 Å². The fraction of sp³-hybridized carbons (Fsp3) is 0.133. The summed E-state index contributed by atoms with van der Waals surface area (Å²) in [5.41, 5.74) is -0.228. The van der Waals surface area contributed by atoms with Crippen LogP contribution in [0.4, 0.5) is 5.69 Å². The molecule has 0 spiro atoms. The van der Waals surface area contributed by atoms with Crippen LogP contribution in [0.25, 0.3) is 0 Å². The lowest BCUT2D eigenvalue weighted by Gasteiger charge is -2.22. The summed E-state index contributed by atoms with van der Waals surface area (Å²) in [5, 5.41) is 13.8. The zero-order chi connectivity index (χ0) is 14.6. The number of hydrogen-bond donors (Lipinski definition) is 2. The highest BCUT2D eigenvalue weighted by Gasteiger charge is 2.49. The Morgan fingerprint density at radius 1 is 1.19 bits per heavy atom. The largest absolute Gasteiger partial charge is 0.454 e. The van der Waals surface area contributed by atoms with Crippen molar-refractivity contribution < 1.29 is 19.4 Å². The highest BCUT2D eigenvalue weighted by Crippen LogP contribution is 2.48. The van der Waals surface area contributed by atoms with Crippen LogP contribution in [0.5, 0.6) is 11.5 Å². The van der Waals surface area contributed by atoms with Crippen LogP contribution in [0.15, 0.2) is 36.4 Å². The number of fused-ring (bicyclic) bond motifs is 2. The minimum absolute atomic E-state index is 0.0865. The van der Waals surface area contributed by atoms with Crippen LogP contribution in [0.3, 0.4) is 0 Å². The Morgan fingerprint density at radius 2 is 2.05 bits per heavy atom. The van der Waals surface area contributed by atoms with E-state index in [1.54, 1.807) is 30.3 Å². The van der Waals surface area contributed by atoms with Crippen molar-refractivity contribution in [3.63, 3.8) is 0 Å². The first-order valence-electron chi connectivity index (χ1n) is 6.33. The summed E-state index contributed by atoms with van der Waals surface area (Å²) < 4.78 is 11.7. The first kappa shape index (κ1) is 12.9.